The smallest absolute Gasteiger partial charge is 0.172 e. The zero-order chi connectivity index (χ0) is 20.8. The number of fused-ring (bicyclic) bond motifs is 4. The summed E-state index contributed by atoms with van der Waals surface area (Å²) in [6.45, 7) is 9.40. The number of ketones is 1. The molecule has 1 spiro atoms. The van der Waals surface area contributed by atoms with E-state index in [4.69, 9.17) is 18.9 Å². The minimum absolute atomic E-state index is 0.0791. The van der Waals surface area contributed by atoms with Crippen LogP contribution in [0.2, 0.25) is 0 Å². The zero-order valence-corrected chi connectivity index (χ0v) is 18.6. The van der Waals surface area contributed by atoms with Crippen LogP contribution in [-0.4, -0.2) is 43.8 Å². The number of allylic oxidation sites excluding steroid dienone is 3. The molecule has 2 aliphatic heterocycles. The number of ether oxygens (including phenoxy) is 4. The van der Waals surface area contributed by atoms with Gasteiger partial charge in [-0.2, -0.15) is 0 Å². The molecule has 0 radical (unpaired) electrons. The Balaban J connectivity index is 1.36. The Morgan fingerprint density at radius 3 is 2.33 bits per heavy atom. The number of Topliss-reactive ketones (excluding diaryl/α,β-unsaturated/α-hetero) is 1. The van der Waals surface area contributed by atoms with Crippen LogP contribution < -0.4 is 0 Å². The number of carbonyl (C=O) groups is 1. The summed E-state index contributed by atoms with van der Waals surface area (Å²) >= 11 is 0. The van der Waals surface area contributed by atoms with Gasteiger partial charge < -0.3 is 18.9 Å². The molecule has 164 valence electrons. The molecular weight excluding hydrogens is 380 g/mol. The fourth-order valence-electron chi connectivity index (χ4n) is 8.08. The van der Waals surface area contributed by atoms with Gasteiger partial charge >= 0.3 is 0 Å². The Hall–Kier alpha value is -1.01. The summed E-state index contributed by atoms with van der Waals surface area (Å²) in [5.41, 5.74) is 3.66. The summed E-state index contributed by atoms with van der Waals surface area (Å²) < 4.78 is 24.2. The van der Waals surface area contributed by atoms with Crippen molar-refractivity contribution in [3.8, 4) is 0 Å². The van der Waals surface area contributed by atoms with Gasteiger partial charge in [0.2, 0.25) is 0 Å². The highest BCUT2D eigenvalue weighted by Crippen LogP contribution is 2.65. The number of hydrogen-bond acceptors (Lipinski definition) is 5. The van der Waals surface area contributed by atoms with E-state index in [9.17, 15) is 4.79 Å². The van der Waals surface area contributed by atoms with Gasteiger partial charge in [-0.1, -0.05) is 31.1 Å². The van der Waals surface area contributed by atoms with Gasteiger partial charge in [0.1, 0.15) is 0 Å². The van der Waals surface area contributed by atoms with Crippen LogP contribution in [0.15, 0.2) is 22.8 Å². The number of hydrogen-bond donors (Lipinski definition) is 0. The van der Waals surface area contributed by atoms with Crippen LogP contribution in [0.1, 0.15) is 65.7 Å². The molecule has 2 heterocycles. The van der Waals surface area contributed by atoms with Gasteiger partial charge in [0.25, 0.3) is 0 Å². The lowest BCUT2D eigenvalue weighted by molar-refractivity contribution is -0.205. The SMILES string of the molecule is CC1([C@H]2CCC3C4=C(C(=O)C[C@@]32C)[C@@]2(C)CCC3(CC2=CC4)OCCO3)OCCO1. The van der Waals surface area contributed by atoms with Gasteiger partial charge in [-0.25, -0.2) is 0 Å². The molecule has 0 aromatic rings. The lowest BCUT2D eigenvalue weighted by Gasteiger charge is -2.53. The molecule has 2 saturated heterocycles. The molecule has 6 aliphatic rings. The molecule has 0 amide bonds. The molecule has 6 rings (SSSR count). The molecule has 1 unspecified atom stereocenters. The number of carbonyl (C=O) groups excluding carboxylic acids is 1. The van der Waals surface area contributed by atoms with Gasteiger partial charge in [0, 0.05) is 36.2 Å². The standard InChI is InChI=1S/C25H34O5/c1-22-8-9-25(29-12-13-30-25)14-16(22)4-5-17-18-6-7-20(24(3)27-10-11-28-24)23(18,2)15-19(26)21(17)22/h4,18,20H,5-15H2,1-3H3/t18?,20-,22-,23-/m0/s1. The third kappa shape index (κ3) is 2.47. The molecule has 5 nitrogen and oxygen atoms in total. The monoisotopic (exact) mass is 414 g/mol. The van der Waals surface area contributed by atoms with Crippen molar-refractivity contribution in [2.45, 2.75) is 77.3 Å². The predicted molar refractivity (Wildman–Crippen MR) is 111 cm³/mol. The van der Waals surface area contributed by atoms with Gasteiger partial charge in [0.05, 0.1) is 26.4 Å². The van der Waals surface area contributed by atoms with Crippen LogP contribution in [0, 0.1) is 22.7 Å². The summed E-state index contributed by atoms with van der Waals surface area (Å²) in [5, 5.41) is 0. The van der Waals surface area contributed by atoms with E-state index in [1.54, 1.807) is 0 Å². The maximum Gasteiger partial charge on any atom is 0.172 e. The average Bonchev–Trinajstić information content (AvgIpc) is 3.41. The predicted octanol–water partition coefficient (Wildman–Crippen LogP) is 4.31. The van der Waals surface area contributed by atoms with Crippen molar-refractivity contribution in [3.63, 3.8) is 0 Å². The Labute approximate surface area is 179 Å². The van der Waals surface area contributed by atoms with Crippen molar-refractivity contribution < 1.29 is 23.7 Å². The van der Waals surface area contributed by atoms with Crippen LogP contribution in [0.4, 0.5) is 0 Å². The summed E-state index contributed by atoms with van der Waals surface area (Å²) in [6, 6.07) is 0. The fraction of sp³-hybridized carbons (Fsp3) is 0.800. The quantitative estimate of drug-likeness (QED) is 0.599. The lowest BCUT2D eigenvalue weighted by Crippen LogP contribution is -2.51. The molecule has 4 aliphatic carbocycles. The molecule has 4 atom stereocenters. The van der Waals surface area contributed by atoms with Gasteiger partial charge in [-0.3, -0.25) is 4.79 Å². The highest BCUT2D eigenvalue weighted by atomic mass is 16.7. The first-order chi connectivity index (χ1) is 14.3. The molecule has 0 bridgehead atoms. The summed E-state index contributed by atoms with van der Waals surface area (Å²) in [5.74, 6) is 0.0813. The van der Waals surface area contributed by atoms with Gasteiger partial charge in [-0.05, 0) is 43.9 Å². The molecule has 5 heteroatoms. The topological polar surface area (TPSA) is 54.0 Å². The van der Waals surface area contributed by atoms with Crippen molar-refractivity contribution in [2.24, 2.45) is 22.7 Å². The maximum absolute atomic E-state index is 13.8. The van der Waals surface area contributed by atoms with Crippen LogP contribution in [-0.2, 0) is 23.7 Å². The van der Waals surface area contributed by atoms with E-state index in [1.807, 2.05) is 0 Å². The normalized spacial score (nSPS) is 44.1. The second kappa shape index (κ2) is 6.28. The van der Waals surface area contributed by atoms with Crippen LogP contribution >= 0.6 is 0 Å². The van der Waals surface area contributed by atoms with Crippen molar-refractivity contribution in [1.82, 2.24) is 0 Å². The summed E-state index contributed by atoms with van der Waals surface area (Å²) in [4.78, 5) is 13.8. The van der Waals surface area contributed by atoms with E-state index in [0.717, 1.165) is 44.1 Å². The molecule has 0 aromatic heterocycles. The van der Waals surface area contributed by atoms with Crippen molar-refractivity contribution in [3.05, 3.63) is 22.8 Å². The van der Waals surface area contributed by atoms with E-state index >= 15 is 0 Å². The molecule has 2 saturated carbocycles. The maximum atomic E-state index is 13.8. The summed E-state index contributed by atoms with van der Waals surface area (Å²) in [6.07, 6.45) is 8.72. The first-order valence-electron chi connectivity index (χ1n) is 11.8. The molecule has 0 aromatic carbocycles. The van der Waals surface area contributed by atoms with Crippen LogP contribution in [0.5, 0.6) is 0 Å². The second-order valence-electron chi connectivity index (χ2n) is 11.0. The average molecular weight is 415 g/mol. The third-order valence-electron chi connectivity index (χ3n) is 9.50. The second-order valence-corrected chi connectivity index (χ2v) is 11.0. The highest BCUT2D eigenvalue weighted by Gasteiger charge is 2.62. The number of rotatable bonds is 1. The van der Waals surface area contributed by atoms with Crippen molar-refractivity contribution in [2.75, 3.05) is 26.4 Å². The van der Waals surface area contributed by atoms with E-state index < -0.39 is 11.6 Å². The first kappa shape index (κ1) is 19.7. The first-order valence-corrected chi connectivity index (χ1v) is 11.8. The molecule has 0 N–H and O–H groups in total. The van der Waals surface area contributed by atoms with Crippen molar-refractivity contribution >= 4 is 5.78 Å². The fourth-order valence-corrected chi connectivity index (χ4v) is 8.08. The van der Waals surface area contributed by atoms with Crippen LogP contribution in [0.25, 0.3) is 0 Å². The molecule has 4 fully saturated rings. The third-order valence-corrected chi connectivity index (χ3v) is 9.50. The van der Waals surface area contributed by atoms with Crippen molar-refractivity contribution in [1.29, 1.82) is 0 Å². The molecule has 30 heavy (non-hydrogen) atoms. The Kier molecular flexibility index (Phi) is 4.11. The largest absolute Gasteiger partial charge is 0.348 e. The lowest BCUT2D eigenvalue weighted by atomic mass is 9.53. The Morgan fingerprint density at radius 2 is 1.60 bits per heavy atom. The summed E-state index contributed by atoms with van der Waals surface area (Å²) in [7, 11) is 0. The van der Waals surface area contributed by atoms with Gasteiger partial charge in [0.15, 0.2) is 17.4 Å². The van der Waals surface area contributed by atoms with E-state index in [-0.39, 0.29) is 16.7 Å². The Morgan fingerprint density at radius 1 is 0.900 bits per heavy atom. The minimum atomic E-state index is -0.546. The van der Waals surface area contributed by atoms with E-state index in [0.29, 0.717) is 44.5 Å². The zero-order valence-electron chi connectivity index (χ0n) is 18.6. The van der Waals surface area contributed by atoms with Gasteiger partial charge in [-0.15, -0.1) is 0 Å². The highest BCUT2D eigenvalue weighted by molar-refractivity contribution is 6.00. The van der Waals surface area contributed by atoms with E-state index in [2.05, 4.69) is 26.8 Å². The van der Waals surface area contributed by atoms with E-state index in [1.165, 1.54) is 11.1 Å². The van der Waals surface area contributed by atoms with Crippen LogP contribution in [0.3, 0.4) is 0 Å². The minimum Gasteiger partial charge on any atom is -0.348 e. The molecular formula is C25H34O5. The Bertz CT molecular complexity index is 844.